The lowest BCUT2D eigenvalue weighted by atomic mass is 10.1. The summed E-state index contributed by atoms with van der Waals surface area (Å²) >= 11 is 1.50. The molecule has 0 bridgehead atoms. The molecule has 0 saturated heterocycles. The number of tetrazole rings is 1. The maximum absolute atomic E-state index is 13.4. The van der Waals surface area contributed by atoms with Gasteiger partial charge in [0, 0.05) is 28.7 Å². The maximum atomic E-state index is 13.4. The first-order valence-corrected chi connectivity index (χ1v) is 10.7. The quantitative estimate of drug-likeness (QED) is 0.432. The standard InChI is InChI=1S/C23H20N6O2S/c1-15-19(24-16(2)30)11-6-12-20(15)25-23(31)21(14-18-10-7-13-32-18)29-22(26-27-28-29)17-8-4-3-5-9-17/h3-14H,1-2H3,(H,24,30)(H,25,31)/b21-14+. The number of hydrogen-bond donors (Lipinski definition) is 2. The second-order valence-corrected chi connectivity index (χ2v) is 7.92. The first kappa shape index (κ1) is 21.1. The van der Waals surface area contributed by atoms with E-state index in [9.17, 15) is 9.59 Å². The third-order valence-corrected chi connectivity index (χ3v) is 5.50. The Kier molecular flexibility index (Phi) is 6.18. The highest BCUT2D eigenvalue weighted by molar-refractivity contribution is 7.10. The van der Waals surface area contributed by atoms with Crippen molar-refractivity contribution in [2.24, 2.45) is 0 Å². The molecule has 4 aromatic rings. The molecular weight excluding hydrogens is 424 g/mol. The molecule has 0 fully saturated rings. The molecule has 160 valence electrons. The molecule has 2 aromatic carbocycles. The third kappa shape index (κ3) is 4.62. The van der Waals surface area contributed by atoms with Crippen LogP contribution in [0.4, 0.5) is 11.4 Å². The van der Waals surface area contributed by atoms with Gasteiger partial charge in [-0.05, 0) is 52.6 Å². The first-order chi connectivity index (χ1) is 15.5. The van der Waals surface area contributed by atoms with Gasteiger partial charge in [-0.3, -0.25) is 9.59 Å². The van der Waals surface area contributed by atoms with Crippen molar-refractivity contribution in [3.8, 4) is 11.4 Å². The molecule has 8 nitrogen and oxygen atoms in total. The van der Waals surface area contributed by atoms with Gasteiger partial charge in [0.1, 0.15) is 5.70 Å². The van der Waals surface area contributed by atoms with Crippen LogP contribution in [0.3, 0.4) is 0 Å². The van der Waals surface area contributed by atoms with E-state index in [4.69, 9.17) is 0 Å². The van der Waals surface area contributed by atoms with Gasteiger partial charge >= 0.3 is 0 Å². The highest BCUT2D eigenvalue weighted by atomic mass is 32.1. The molecule has 0 saturated carbocycles. The van der Waals surface area contributed by atoms with Crippen LogP contribution in [0, 0.1) is 6.92 Å². The number of rotatable bonds is 6. The van der Waals surface area contributed by atoms with Gasteiger partial charge in [-0.1, -0.05) is 42.5 Å². The number of thiophene rings is 1. The number of aromatic nitrogens is 4. The minimum Gasteiger partial charge on any atom is -0.326 e. The van der Waals surface area contributed by atoms with E-state index >= 15 is 0 Å². The third-order valence-electron chi connectivity index (χ3n) is 4.68. The summed E-state index contributed by atoms with van der Waals surface area (Å²) in [6, 6.07) is 18.6. The van der Waals surface area contributed by atoms with E-state index in [1.165, 1.54) is 22.9 Å². The predicted molar refractivity (Wildman–Crippen MR) is 126 cm³/mol. The van der Waals surface area contributed by atoms with E-state index in [1.54, 1.807) is 24.3 Å². The summed E-state index contributed by atoms with van der Waals surface area (Å²) in [6.07, 6.45) is 1.75. The second-order valence-electron chi connectivity index (χ2n) is 6.94. The number of carbonyl (C=O) groups is 2. The fraction of sp³-hybridized carbons (Fsp3) is 0.0870. The largest absolute Gasteiger partial charge is 0.326 e. The van der Waals surface area contributed by atoms with Crippen LogP contribution in [0.25, 0.3) is 23.2 Å². The Morgan fingerprint density at radius 1 is 0.969 bits per heavy atom. The van der Waals surface area contributed by atoms with Gasteiger partial charge in [0.2, 0.25) is 5.91 Å². The highest BCUT2D eigenvalue weighted by Gasteiger charge is 2.20. The Hall–Kier alpha value is -4.11. The zero-order valence-electron chi connectivity index (χ0n) is 17.4. The number of anilines is 2. The number of nitrogens with one attached hydrogen (secondary N) is 2. The Bertz CT molecular complexity index is 1280. The Morgan fingerprint density at radius 2 is 1.72 bits per heavy atom. The van der Waals surface area contributed by atoms with Crippen LogP contribution >= 0.6 is 11.3 Å². The van der Waals surface area contributed by atoms with E-state index in [0.717, 1.165) is 16.0 Å². The zero-order valence-corrected chi connectivity index (χ0v) is 18.3. The van der Waals surface area contributed by atoms with E-state index in [-0.39, 0.29) is 17.5 Å². The first-order valence-electron chi connectivity index (χ1n) is 9.81. The van der Waals surface area contributed by atoms with Crippen molar-refractivity contribution >= 4 is 46.3 Å². The summed E-state index contributed by atoms with van der Waals surface area (Å²) in [5.41, 5.74) is 3.00. The normalized spacial score (nSPS) is 11.2. The van der Waals surface area contributed by atoms with Crippen molar-refractivity contribution in [3.63, 3.8) is 0 Å². The van der Waals surface area contributed by atoms with Gasteiger partial charge in [-0.15, -0.1) is 16.4 Å². The molecule has 0 unspecified atom stereocenters. The molecule has 0 aliphatic rings. The smallest absolute Gasteiger partial charge is 0.274 e. The summed E-state index contributed by atoms with van der Waals surface area (Å²) in [5.74, 6) is -0.116. The van der Waals surface area contributed by atoms with Crippen LogP contribution in [-0.4, -0.2) is 32.0 Å². The van der Waals surface area contributed by atoms with Crippen LogP contribution in [-0.2, 0) is 9.59 Å². The Balaban J connectivity index is 1.73. The summed E-state index contributed by atoms with van der Waals surface area (Å²) in [4.78, 5) is 25.8. The molecule has 0 aliphatic carbocycles. The van der Waals surface area contributed by atoms with Crippen molar-refractivity contribution in [2.75, 3.05) is 10.6 Å². The molecule has 2 amide bonds. The van der Waals surface area contributed by atoms with Crippen molar-refractivity contribution in [3.05, 3.63) is 76.5 Å². The Labute approximate surface area is 188 Å². The molecule has 2 aromatic heterocycles. The van der Waals surface area contributed by atoms with Crippen LogP contribution in [0.1, 0.15) is 17.4 Å². The highest BCUT2D eigenvalue weighted by Crippen LogP contribution is 2.26. The van der Waals surface area contributed by atoms with Gasteiger partial charge < -0.3 is 10.6 Å². The SMILES string of the molecule is CC(=O)Nc1cccc(NC(=O)/C(=C\c2cccs2)n2nnnc2-c2ccccc2)c1C. The molecule has 0 aliphatic heterocycles. The van der Waals surface area contributed by atoms with Crippen molar-refractivity contribution in [1.82, 2.24) is 20.2 Å². The molecule has 32 heavy (non-hydrogen) atoms. The summed E-state index contributed by atoms with van der Waals surface area (Å²) in [6.45, 7) is 3.27. The topological polar surface area (TPSA) is 102 Å². The fourth-order valence-electron chi connectivity index (χ4n) is 3.13. The molecule has 9 heteroatoms. The van der Waals surface area contributed by atoms with Crippen molar-refractivity contribution < 1.29 is 9.59 Å². The number of hydrogen-bond acceptors (Lipinski definition) is 6. The minimum atomic E-state index is -0.383. The van der Waals surface area contributed by atoms with Gasteiger partial charge in [0.25, 0.3) is 5.91 Å². The Morgan fingerprint density at radius 3 is 2.41 bits per heavy atom. The average molecular weight is 445 g/mol. The molecule has 2 N–H and O–H groups in total. The lowest BCUT2D eigenvalue weighted by molar-refractivity contribution is -0.114. The summed E-state index contributed by atoms with van der Waals surface area (Å²) in [7, 11) is 0. The van der Waals surface area contributed by atoms with Crippen LogP contribution in [0.15, 0.2) is 66.0 Å². The number of carbonyl (C=O) groups excluding carboxylic acids is 2. The van der Waals surface area contributed by atoms with E-state index in [2.05, 4.69) is 26.2 Å². The van der Waals surface area contributed by atoms with Crippen LogP contribution < -0.4 is 10.6 Å². The zero-order chi connectivity index (χ0) is 22.5. The molecule has 4 rings (SSSR count). The van der Waals surface area contributed by atoms with Gasteiger partial charge in [-0.2, -0.15) is 4.68 Å². The van der Waals surface area contributed by atoms with Gasteiger partial charge in [0.05, 0.1) is 0 Å². The average Bonchev–Trinajstić information content (AvgIpc) is 3.47. The second kappa shape index (κ2) is 9.36. The minimum absolute atomic E-state index is 0.184. The summed E-state index contributed by atoms with van der Waals surface area (Å²) < 4.78 is 1.43. The lowest BCUT2D eigenvalue weighted by Gasteiger charge is -2.14. The van der Waals surface area contributed by atoms with Gasteiger partial charge in [0.15, 0.2) is 5.82 Å². The van der Waals surface area contributed by atoms with E-state index in [0.29, 0.717) is 17.2 Å². The molecule has 0 atom stereocenters. The van der Waals surface area contributed by atoms with Crippen molar-refractivity contribution in [1.29, 1.82) is 0 Å². The number of benzene rings is 2. The summed E-state index contributed by atoms with van der Waals surface area (Å²) in [5, 5.41) is 19.7. The van der Waals surface area contributed by atoms with E-state index in [1.807, 2.05) is 54.8 Å². The number of nitrogens with zero attached hydrogens (tertiary/aromatic N) is 4. The monoisotopic (exact) mass is 444 g/mol. The molecule has 0 spiro atoms. The maximum Gasteiger partial charge on any atom is 0.274 e. The van der Waals surface area contributed by atoms with Crippen molar-refractivity contribution in [2.45, 2.75) is 13.8 Å². The predicted octanol–water partition coefficient (Wildman–Crippen LogP) is 4.31. The van der Waals surface area contributed by atoms with Gasteiger partial charge in [-0.25, -0.2) is 0 Å². The fourth-order valence-corrected chi connectivity index (χ4v) is 3.78. The van der Waals surface area contributed by atoms with E-state index < -0.39 is 0 Å². The van der Waals surface area contributed by atoms with Crippen LogP contribution in [0.2, 0.25) is 0 Å². The lowest BCUT2D eigenvalue weighted by Crippen LogP contribution is -2.20. The number of amides is 2. The molecule has 2 heterocycles. The molecular formula is C23H20N6O2S. The molecule has 0 radical (unpaired) electrons. The van der Waals surface area contributed by atoms with Crippen LogP contribution in [0.5, 0.6) is 0 Å².